The van der Waals surface area contributed by atoms with Gasteiger partial charge in [-0.25, -0.2) is 4.99 Å². The minimum atomic E-state index is 0. The first-order valence-corrected chi connectivity index (χ1v) is 9.26. The number of carbonyl (C=O) groups excluding carboxylic acids is 1. The first-order valence-electron chi connectivity index (χ1n) is 9.26. The van der Waals surface area contributed by atoms with Crippen LogP contribution in [0.4, 0.5) is 0 Å². The number of halogens is 1. The van der Waals surface area contributed by atoms with Crippen molar-refractivity contribution in [1.82, 2.24) is 15.5 Å². The summed E-state index contributed by atoms with van der Waals surface area (Å²) in [5, 5.41) is 6.66. The van der Waals surface area contributed by atoms with Crippen LogP contribution in [0.25, 0.3) is 0 Å². The van der Waals surface area contributed by atoms with Crippen molar-refractivity contribution >= 4 is 35.8 Å². The molecule has 0 radical (unpaired) electrons. The van der Waals surface area contributed by atoms with Crippen LogP contribution >= 0.6 is 24.0 Å². The number of nitrogens with zero attached hydrogens (tertiary/aromatic N) is 2. The summed E-state index contributed by atoms with van der Waals surface area (Å²) >= 11 is 0. The SMILES string of the molecule is CCNC(=NCc1ccc(C(=O)N(C)C)cc1)NCCCCC(C)C.I. The predicted molar refractivity (Wildman–Crippen MR) is 121 cm³/mol. The van der Waals surface area contributed by atoms with E-state index in [1.807, 2.05) is 24.3 Å². The highest BCUT2D eigenvalue weighted by atomic mass is 127. The van der Waals surface area contributed by atoms with Gasteiger partial charge in [-0.2, -0.15) is 0 Å². The van der Waals surface area contributed by atoms with Gasteiger partial charge < -0.3 is 15.5 Å². The molecule has 6 heteroatoms. The molecule has 0 bridgehead atoms. The van der Waals surface area contributed by atoms with E-state index in [0.29, 0.717) is 12.1 Å². The molecule has 2 N–H and O–H groups in total. The zero-order valence-electron chi connectivity index (χ0n) is 16.8. The number of benzene rings is 1. The van der Waals surface area contributed by atoms with Crippen molar-refractivity contribution in [1.29, 1.82) is 0 Å². The molecule has 0 unspecified atom stereocenters. The van der Waals surface area contributed by atoms with Gasteiger partial charge in [-0.15, -0.1) is 24.0 Å². The highest BCUT2D eigenvalue weighted by Crippen LogP contribution is 2.08. The Morgan fingerprint density at radius 3 is 2.31 bits per heavy atom. The molecule has 0 aliphatic heterocycles. The maximum absolute atomic E-state index is 11.9. The van der Waals surface area contributed by atoms with Gasteiger partial charge in [0, 0.05) is 32.7 Å². The summed E-state index contributed by atoms with van der Waals surface area (Å²) in [4.78, 5) is 18.1. The number of amides is 1. The minimum absolute atomic E-state index is 0. The maximum Gasteiger partial charge on any atom is 0.253 e. The van der Waals surface area contributed by atoms with Crippen molar-refractivity contribution in [3.63, 3.8) is 0 Å². The van der Waals surface area contributed by atoms with Gasteiger partial charge in [0.1, 0.15) is 0 Å². The van der Waals surface area contributed by atoms with Crippen molar-refractivity contribution < 1.29 is 4.79 Å². The van der Waals surface area contributed by atoms with Crippen molar-refractivity contribution in [3.05, 3.63) is 35.4 Å². The lowest BCUT2D eigenvalue weighted by Gasteiger charge is -2.12. The largest absolute Gasteiger partial charge is 0.357 e. The summed E-state index contributed by atoms with van der Waals surface area (Å²) in [6.07, 6.45) is 3.67. The van der Waals surface area contributed by atoms with E-state index in [1.54, 1.807) is 19.0 Å². The van der Waals surface area contributed by atoms with Crippen LogP contribution in [0.2, 0.25) is 0 Å². The molecule has 1 amide bonds. The van der Waals surface area contributed by atoms with Crippen LogP contribution in [0.15, 0.2) is 29.3 Å². The molecule has 0 aliphatic rings. The zero-order chi connectivity index (χ0) is 18.7. The lowest BCUT2D eigenvalue weighted by Crippen LogP contribution is -2.37. The summed E-state index contributed by atoms with van der Waals surface area (Å²) in [5.41, 5.74) is 1.79. The van der Waals surface area contributed by atoms with E-state index >= 15 is 0 Å². The summed E-state index contributed by atoms with van der Waals surface area (Å²) in [6.45, 7) is 8.96. The van der Waals surface area contributed by atoms with Crippen LogP contribution < -0.4 is 10.6 Å². The van der Waals surface area contributed by atoms with E-state index in [1.165, 1.54) is 12.8 Å². The highest BCUT2D eigenvalue weighted by molar-refractivity contribution is 14.0. The fraction of sp³-hybridized carbons (Fsp3) is 0.600. The van der Waals surface area contributed by atoms with Crippen LogP contribution in [-0.4, -0.2) is 44.0 Å². The molecule has 0 saturated carbocycles. The van der Waals surface area contributed by atoms with E-state index < -0.39 is 0 Å². The summed E-state index contributed by atoms with van der Waals surface area (Å²) in [6, 6.07) is 7.65. The average molecular weight is 474 g/mol. The molecular formula is C20H35IN4O. The second-order valence-corrected chi connectivity index (χ2v) is 6.91. The Hall–Kier alpha value is -1.31. The Morgan fingerprint density at radius 1 is 1.12 bits per heavy atom. The van der Waals surface area contributed by atoms with Gasteiger partial charge in [0.25, 0.3) is 5.91 Å². The first-order chi connectivity index (χ1) is 11.9. The van der Waals surface area contributed by atoms with Gasteiger partial charge in [-0.3, -0.25) is 4.79 Å². The van der Waals surface area contributed by atoms with Crippen molar-refractivity contribution in [2.75, 3.05) is 27.2 Å². The van der Waals surface area contributed by atoms with Crippen molar-refractivity contribution in [2.24, 2.45) is 10.9 Å². The quantitative estimate of drug-likeness (QED) is 0.247. The molecule has 0 fully saturated rings. The molecule has 148 valence electrons. The Kier molecular flexibility index (Phi) is 13.1. The second kappa shape index (κ2) is 13.8. The summed E-state index contributed by atoms with van der Waals surface area (Å²) < 4.78 is 0. The number of hydrogen-bond acceptors (Lipinski definition) is 2. The number of hydrogen-bond donors (Lipinski definition) is 2. The Labute approximate surface area is 176 Å². The van der Waals surface area contributed by atoms with Gasteiger partial charge in [0.05, 0.1) is 6.54 Å². The maximum atomic E-state index is 11.9. The molecule has 0 spiro atoms. The molecule has 0 aliphatic carbocycles. The molecule has 26 heavy (non-hydrogen) atoms. The summed E-state index contributed by atoms with van der Waals surface area (Å²) in [7, 11) is 3.52. The third-order valence-corrected chi connectivity index (χ3v) is 3.87. The molecule has 1 aromatic carbocycles. The molecule has 0 atom stereocenters. The molecule has 0 saturated heterocycles. The number of nitrogens with one attached hydrogen (secondary N) is 2. The summed E-state index contributed by atoms with van der Waals surface area (Å²) in [5.74, 6) is 1.64. The van der Waals surface area contributed by atoms with Gasteiger partial charge in [0.2, 0.25) is 0 Å². The lowest BCUT2D eigenvalue weighted by molar-refractivity contribution is 0.0827. The number of carbonyl (C=O) groups is 1. The van der Waals surface area contributed by atoms with Gasteiger partial charge in [-0.1, -0.05) is 38.8 Å². The molecule has 1 aromatic rings. The zero-order valence-corrected chi connectivity index (χ0v) is 19.2. The number of rotatable bonds is 9. The van der Waals surface area contributed by atoms with Gasteiger partial charge in [-0.05, 0) is 37.0 Å². The minimum Gasteiger partial charge on any atom is -0.357 e. The smallest absolute Gasteiger partial charge is 0.253 e. The van der Waals surface area contributed by atoms with E-state index in [0.717, 1.165) is 37.0 Å². The average Bonchev–Trinajstić information content (AvgIpc) is 2.58. The van der Waals surface area contributed by atoms with Crippen LogP contribution in [0.1, 0.15) is 56.0 Å². The third-order valence-electron chi connectivity index (χ3n) is 3.87. The lowest BCUT2D eigenvalue weighted by atomic mass is 10.1. The number of guanidine groups is 1. The number of aliphatic imine (C=N–C) groups is 1. The molecule has 0 aromatic heterocycles. The molecule has 5 nitrogen and oxygen atoms in total. The van der Waals surface area contributed by atoms with Gasteiger partial charge >= 0.3 is 0 Å². The van der Waals surface area contributed by atoms with Crippen molar-refractivity contribution in [2.45, 2.75) is 46.6 Å². The topological polar surface area (TPSA) is 56.7 Å². The highest BCUT2D eigenvalue weighted by Gasteiger charge is 2.07. The van der Waals surface area contributed by atoms with Crippen molar-refractivity contribution in [3.8, 4) is 0 Å². The van der Waals surface area contributed by atoms with E-state index in [4.69, 9.17) is 0 Å². The van der Waals surface area contributed by atoms with E-state index in [2.05, 4.69) is 36.4 Å². The Bertz CT molecular complexity index is 541. The predicted octanol–water partition coefficient (Wildman–Crippen LogP) is 3.89. The van der Waals surface area contributed by atoms with Gasteiger partial charge in [0.15, 0.2) is 5.96 Å². The van der Waals surface area contributed by atoms with E-state index in [-0.39, 0.29) is 29.9 Å². The fourth-order valence-corrected chi connectivity index (χ4v) is 2.41. The monoisotopic (exact) mass is 474 g/mol. The van der Waals surface area contributed by atoms with Crippen LogP contribution in [0, 0.1) is 5.92 Å². The fourth-order valence-electron chi connectivity index (χ4n) is 2.41. The molecule has 1 rings (SSSR count). The third kappa shape index (κ3) is 9.99. The Morgan fingerprint density at radius 2 is 1.77 bits per heavy atom. The van der Waals surface area contributed by atoms with Crippen LogP contribution in [0.3, 0.4) is 0 Å². The second-order valence-electron chi connectivity index (χ2n) is 6.91. The standard InChI is InChI=1S/C20H34N4O.HI/c1-6-21-20(22-14-8-7-9-16(2)3)23-15-17-10-12-18(13-11-17)19(25)24(4)5;/h10-13,16H,6-9,14-15H2,1-5H3,(H2,21,22,23);1H. The normalized spacial score (nSPS) is 11.1. The first kappa shape index (κ1) is 24.7. The molecule has 0 heterocycles. The Balaban J connectivity index is 0.00000625. The van der Waals surface area contributed by atoms with Crippen LogP contribution in [0.5, 0.6) is 0 Å². The van der Waals surface area contributed by atoms with E-state index in [9.17, 15) is 4.79 Å². The molecular weight excluding hydrogens is 439 g/mol. The number of unbranched alkanes of at least 4 members (excludes halogenated alkanes) is 1. The van der Waals surface area contributed by atoms with Crippen LogP contribution in [-0.2, 0) is 6.54 Å².